The molecular weight excluding hydrogens is 336 g/mol. The molecule has 0 radical (unpaired) electrons. The minimum Gasteiger partial charge on any atom is -0.329 e. The van der Waals surface area contributed by atoms with Gasteiger partial charge in [-0.05, 0) is 6.42 Å². The van der Waals surface area contributed by atoms with Crippen LogP contribution in [-0.4, -0.2) is 52.0 Å². The average Bonchev–Trinajstić information content (AvgIpc) is 3.14. The molecule has 23 heavy (non-hydrogen) atoms. The maximum atomic E-state index is 12.8. The summed E-state index contributed by atoms with van der Waals surface area (Å²) in [5.41, 5.74) is 0.740. The number of aromatic nitrogens is 3. The van der Waals surface area contributed by atoms with Crippen molar-refractivity contribution in [2.45, 2.75) is 19.4 Å². The molecule has 0 bridgehead atoms. The van der Waals surface area contributed by atoms with Gasteiger partial charge in [-0.15, -0.1) is 11.3 Å². The van der Waals surface area contributed by atoms with Crippen LogP contribution in [0.2, 0.25) is 0 Å². The molecule has 1 unspecified atom stereocenters. The summed E-state index contributed by atoms with van der Waals surface area (Å²) < 4.78 is 25.7. The highest BCUT2D eigenvalue weighted by molar-refractivity contribution is 7.91. The third kappa shape index (κ3) is 3.30. The van der Waals surface area contributed by atoms with Gasteiger partial charge in [-0.25, -0.2) is 13.4 Å². The number of amides is 1. The van der Waals surface area contributed by atoms with Crippen LogP contribution in [-0.2, 0) is 23.3 Å². The minimum absolute atomic E-state index is 0.00502. The van der Waals surface area contributed by atoms with Gasteiger partial charge < -0.3 is 4.90 Å². The largest absolute Gasteiger partial charge is 0.329 e. The van der Waals surface area contributed by atoms with Gasteiger partial charge in [0.15, 0.2) is 9.84 Å². The Balaban J connectivity index is 1.93. The molecule has 1 saturated heterocycles. The van der Waals surface area contributed by atoms with Gasteiger partial charge in [-0.2, -0.15) is 5.10 Å². The Kier molecular flexibility index (Phi) is 4.24. The number of nitrogens with zero attached hydrogens (tertiary/aromatic N) is 4. The second-order valence-corrected chi connectivity index (χ2v) is 8.89. The molecular formula is C14H18N4O3S2. The van der Waals surface area contributed by atoms with Crippen LogP contribution in [0.5, 0.6) is 0 Å². The minimum atomic E-state index is -3.16. The van der Waals surface area contributed by atoms with E-state index >= 15 is 0 Å². The zero-order valence-corrected chi connectivity index (χ0v) is 14.6. The van der Waals surface area contributed by atoms with Gasteiger partial charge in [0.1, 0.15) is 4.88 Å². The van der Waals surface area contributed by atoms with Crippen LogP contribution in [0.15, 0.2) is 18.6 Å². The van der Waals surface area contributed by atoms with Crippen molar-refractivity contribution < 1.29 is 13.2 Å². The van der Waals surface area contributed by atoms with Crippen LogP contribution in [0.4, 0.5) is 0 Å². The van der Waals surface area contributed by atoms with Crippen LogP contribution < -0.4 is 0 Å². The fraction of sp³-hybridized carbons (Fsp3) is 0.500. The standard InChI is InChI=1S/C14H18N4O3S2/c1-3-13-15-7-12(22-13)14(19)18-4-5-23(20,21)9-11(18)10-6-16-17(2)8-10/h6-8,11H,3-5,9H2,1-2H3. The summed E-state index contributed by atoms with van der Waals surface area (Å²) in [6, 6.07) is -0.498. The quantitative estimate of drug-likeness (QED) is 0.822. The van der Waals surface area contributed by atoms with Gasteiger partial charge in [0, 0.05) is 25.4 Å². The van der Waals surface area contributed by atoms with E-state index in [9.17, 15) is 13.2 Å². The van der Waals surface area contributed by atoms with E-state index in [0.29, 0.717) is 4.88 Å². The summed E-state index contributed by atoms with van der Waals surface area (Å²) in [7, 11) is -1.39. The fourth-order valence-corrected chi connectivity index (χ4v) is 4.96. The molecule has 1 aliphatic rings. The van der Waals surface area contributed by atoms with Gasteiger partial charge in [0.2, 0.25) is 0 Å². The van der Waals surface area contributed by atoms with E-state index in [1.54, 1.807) is 35.2 Å². The Morgan fingerprint density at radius 1 is 1.43 bits per heavy atom. The van der Waals surface area contributed by atoms with Crippen molar-refractivity contribution >= 4 is 27.1 Å². The Morgan fingerprint density at radius 2 is 2.22 bits per heavy atom. The number of hydrogen-bond acceptors (Lipinski definition) is 6. The van der Waals surface area contributed by atoms with Crippen LogP contribution in [0.1, 0.15) is 33.2 Å². The number of carbonyl (C=O) groups excluding carboxylic acids is 1. The summed E-state index contributed by atoms with van der Waals surface area (Å²) >= 11 is 1.36. The van der Waals surface area contributed by atoms with E-state index in [-0.39, 0.29) is 24.0 Å². The average molecular weight is 354 g/mol. The number of sulfone groups is 1. The van der Waals surface area contributed by atoms with Crippen LogP contribution >= 0.6 is 11.3 Å². The number of rotatable bonds is 3. The van der Waals surface area contributed by atoms with Crippen molar-refractivity contribution in [2.24, 2.45) is 7.05 Å². The Labute approximate surface area is 138 Å². The third-order valence-electron chi connectivity index (χ3n) is 3.87. The molecule has 1 fully saturated rings. The molecule has 3 heterocycles. The lowest BCUT2D eigenvalue weighted by atomic mass is 10.1. The SMILES string of the molecule is CCc1ncc(C(=O)N2CCS(=O)(=O)CC2c2cnn(C)c2)s1. The molecule has 9 heteroatoms. The molecule has 0 N–H and O–H groups in total. The van der Waals surface area contributed by atoms with Gasteiger partial charge in [0.05, 0.1) is 34.9 Å². The summed E-state index contributed by atoms with van der Waals surface area (Å²) in [5.74, 6) is -0.232. The zero-order chi connectivity index (χ0) is 16.6. The topological polar surface area (TPSA) is 85.2 Å². The lowest BCUT2D eigenvalue weighted by molar-refractivity contribution is 0.0702. The maximum absolute atomic E-state index is 12.8. The molecule has 0 aromatic carbocycles. The second-order valence-electron chi connectivity index (χ2n) is 5.55. The molecule has 1 amide bonds. The number of thiazole rings is 1. The molecule has 1 atom stereocenters. The Bertz CT molecular complexity index is 825. The molecule has 3 rings (SSSR count). The van der Waals surface area contributed by atoms with E-state index in [0.717, 1.165) is 17.0 Å². The molecule has 2 aromatic rings. The lowest BCUT2D eigenvalue weighted by Gasteiger charge is -2.34. The first-order valence-electron chi connectivity index (χ1n) is 7.34. The van der Waals surface area contributed by atoms with Crippen LogP contribution in [0, 0.1) is 0 Å². The molecule has 2 aromatic heterocycles. The molecule has 0 spiro atoms. The predicted octanol–water partition coefficient (Wildman–Crippen LogP) is 1.05. The summed E-state index contributed by atoms with van der Waals surface area (Å²) in [5, 5.41) is 5.00. The first-order valence-corrected chi connectivity index (χ1v) is 9.98. The van der Waals surface area contributed by atoms with Crippen molar-refractivity contribution in [2.75, 3.05) is 18.1 Å². The number of aryl methyl sites for hydroxylation is 2. The van der Waals surface area contributed by atoms with Crippen molar-refractivity contribution in [3.8, 4) is 0 Å². The summed E-state index contributed by atoms with van der Waals surface area (Å²) in [4.78, 5) is 19.2. The number of carbonyl (C=O) groups is 1. The first kappa shape index (κ1) is 16.1. The molecule has 124 valence electrons. The van der Waals surface area contributed by atoms with E-state index in [1.807, 2.05) is 6.92 Å². The zero-order valence-electron chi connectivity index (χ0n) is 13.0. The fourth-order valence-electron chi connectivity index (χ4n) is 2.65. The lowest BCUT2D eigenvalue weighted by Crippen LogP contribution is -2.45. The molecule has 1 aliphatic heterocycles. The first-order chi connectivity index (χ1) is 10.9. The second kappa shape index (κ2) is 6.04. The summed E-state index contributed by atoms with van der Waals surface area (Å²) in [6.45, 7) is 2.18. The summed E-state index contributed by atoms with van der Waals surface area (Å²) in [6.07, 6.45) is 5.74. The van der Waals surface area contributed by atoms with Gasteiger partial charge in [-0.3, -0.25) is 9.48 Å². The number of hydrogen-bond donors (Lipinski definition) is 0. The van der Waals surface area contributed by atoms with Crippen molar-refractivity contribution in [3.05, 3.63) is 34.0 Å². The van der Waals surface area contributed by atoms with Crippen molar-refractivity contribution in [1.82, 2.24) is 19.7 Å². The van der Waals surface area contributed by atoms with Crippen LogP contribution in [0.25, 0.3) is 0 Å². The molecule has 0 saturated carbocycles. The van der Waals surface area contributed by atoms with Crippen molar-refractivity contribution in [3.63, 3.8) is 0 Å². The van der Waals surface area contributed by atoms with E-state index in [4.69, 9.17) is 0 Å². The Hall–Kier alpha value is -1.74. The normalized spacial score (nSPS) is 20.6. The van der Waals surface area contributed by atoms with Crippen LogP contribution in [0.3, 0.4) is 0 Å². The highest BCUT2D eigenvalue weighted by Gasteiger charge is 2.36. The van der Waals surface area contributed by atoms with E-state index in [1.165, 1.54) is 11.3 Å². The van der Waals surface area contributed by atoms with E-state index in [2.05, 4.69) is 10.1 Å². The highest BCUT2D eigenvalue weighted by atomic mass is 32.2. The predicted molar refractivity (Wildman–Crippen MR) is 87.1 cm³/mol. The monoisotopic (exact) mass is 354 g/mol. The highest BCUT2D eigenvalue weighted by Crippen LogP contribution is 2.29. The van der Waals surface area contributed by atoms with E-state index < -0.39 is 15.9 Å². The molecule has 0 aliphatic carbocycles. The van der Waals surface area contributed by atoms with Gasteiger partial charge in [-0.1, -0.05) is 6.92 Å². The smallest absolute Gasteiger partial charge is 0.266 e. The Morgan fingerprint density at radius 3 is 2.83 bits per heavy atom. The molecule has 7 nitrogen and oxygen atoms in total. The third-order valence-corrected chi connectivity index (χ3v) is 6.63. The van der Waals surface area contributed by atoms with Gasteiger partial charge >= 0.3 is 0 Å². The maximum Gasteiger partial charge on any atom is 0.266 e. The van der Waals surface area contributed by atoms with Crippen molar-refractivity contribution in [1.29, 1.82) is 0 Å². The van der Waals surface area contributed by atoms with Gasteiger partial charge in [0.25, 0.3) is 5.91 Å².